The van der Waals surface area contributed by atoms with Crippen molar-refractivity contribution in [3.05, 3.63) is 60.2 Å². The van der Waals surface area contributed by atoms with E-state index in [1.165, 1.54) is 38.2 Å². The number of hydrogen-bond donors (Lipinski definition) is 2. The van der Waals surface area contributed by atoms with Crippen LogP contribution in [0.3, 0.4) is 0 Å². The molecule has 4 fully saturated rings. The molecule has 0 radical (unpaired) electrons. The van der Waals surface area contributed by atoms with Gasteiger partial charge in [0, 0.05) is 48.7 Å². The minimum atomic E-state index is -0.569. The zero-order chi connectivity index (χ0) is 29.0. The fourth-order valence-corrected chi connectivity index (χ4v) is 7.59. The van der Waals surface area contributed by atoms with Crippen molar-refractivity contribution in [1.29, 1.82) is 0 Å². The number of hydrogen-bond acceptors (Lipinski definition) is 7. The third-order valence-corrected chi connectivity index (χ3v) is 9.22. The summed E-state index contributed by atoms with van der Waals surface area (Å²) in [6.45, 7) is 0. The van der Waals surface area contributed by atoms with E-state index in [1.807, 2.05) is 0 Å². The van der Waals surface area contributed by atoms with E-state index in [0.717, 1.165) is 11.8 Å². The number of anilines is 2. The van der Waals surface area contributed by atoms with Crippen LogP contribution in [0.2, 0.25) is 0 Å². The summed E-state index contributed by atoms with van der Waals surface area (Å²) >= 11 is 0. The number of ether oxygens (including phenoxy) is 3. The molecule has 4 aliphatic carbocycles. The summed E-state index contributed by atoms with van der Waals surface area (Å²) in [5.41, 5.74) is 1.52. The van der Waals surface area contributed by atoms with E-state index in [1.54, 1.807) is 68.7 Å². The summed E-state index contributed by atoms with van der Waals surface area (Å²) in [7, 11) is 4.87. The van der Waals surface area contributed by atoms with Crippen LogP contribution < -0.4 is 24.8 Å². The van der Waals surface area contributed by atoms with Crippen molar-refractivity contribution in [2.24, 2.45) is 30.7 Å². The number of benzene rings is 2. The summed E-state index contributed by atoms with van der Waals surface area (Å²) in [5, 5.41) is 11.6. The standard InChI is InChI=1S/C32H34FN5O4/c1-38-16-23(32(39)36-30-19-9-17-8-18(11-19)12-20(30)10-17)31(37-38)35-21-4-5-27(24(33)13-21)42-26-6-7-34-25-15-29(41-3)28(40-2)14-22(25)26/h4-7,13-20,30H,8-12H2,1-3H3,(H,35,37)(H,36,39). The van der Waals surface area contributed by atoms with Crippen LogP contribution in [0.25, 0.3) is 10.9 Å². The molecule has 9 nitrogen and oxygen atoms in total. The molecule has 2 N–H and O–H groups in total. The zero-order valence-electron chi connectivity index (χ0n) is 23.9. The molecule has 2 aromatic heterocycles. The van der Waals surface area contributed by atoms with Gasteiger partial charge in [-0.25, -0.2) is 4.39 Å². The van der Waals surface area contributed by atoms with Crippen LogP contribution in [0.4, 0.5) is 15.9 Å². The van der Waals surface area contributed by atoms with Gasteiger partial charge < -0.3 is 24.8 Å². The largest absolute Gasteiger partial charge is 0.493 e. The molecular weight excluding hydrogens is 537 g/mol. The third-order valence-electron chi connectivity index (χ3n) is 9.22. The van der Waals surface area contributed by atoms with E-state index in [0.29, 0.717) is 57.1 Å². The van der Waals surface area contributed by atoms with Gasteiger partial charge in [-0.2, -0.15) is 5.10 Å². The maximum absolute atomic E-state index is 15.3. The highest BCUT2D eigenvalue weighted by atomic mass is 19.1. The van der Waals surface area contributed by atoms with E-state index in [9.17, 15) is 4.79 Å². The van der Waals surface area contributed by atoms with Crippen molar-refractivity contribution < 1.29 is 23.4 Å². The maximum atomic E-state index is 15.3. The van der Waals surface area contributed by atoms with Gasteiger partial charge >= 0.3 is 0 Å². The zero-order valence-corrected chi connectivity index (χ0v) is 23.9. The molecule has 8 rings (SSSR count). The van der Waals surface area contributed by atoms with Gasteiger partial charge in [-0.05, 0) is 80.0 Å². The number of nitrogens with zero attached hydrogens (tertiary/aromatic N) is 3. The Morgan fingerprint density at radius 2 is 1.64 bits per heavy atom. The number of halogens is 1. The summed E-state index contributed by atoms with van der Waals surface area (Å²) in [6.07, 6.45) is 9.56. The minimum absolute atomic E-state index is 0.0451. The second-order valence-electron chi connectivity index (χ2n) is 11.9. The Morgan fingerprint density at radius 3 is 2.33 bits per heavy atom. The summed E-state index contributed by atoms with van der Waals surface area (Å²) in [5.74, 6) is 4.01. The molecule has 0 spiro atoms. The molecule has 42 heavy (non-hydrogen) atoms. The average Bonchev–Trinajstić information content (AvgIpc) is 3.35. The lowest BCUT2D eigenvalue weighted by Gasteiger charge is -2.54. The SMILES string of the molecule is COc1cc2nccc(Oc3ccc(Nc4nn(C)cc4C(=O)NC4C5CC6CC(C5)CC4C6)cc3F)c2cc1OC. The van der Waals surface area contributed by atoms with Crippen LogP contribution in [0.1, 0.15) is 42.5 Å². The van der Waals surface area contributed by atoms with Crippen molar-refractivity contribution in [3.8, 4) is 23.0 Å². The van der Waals surface area contributed by atoms with Gasteiger partial charge in [-0.15, -0.1) is 0 Å². The van der Waals surface area contributed by atoms with Crippen molar-refractivity contribution in [1.82, 2.24) is 20.1 Å². The first-order valence-electron chi connectivity index (χ1n) is 14.5. The Morgan fingerprint density at radius 1 is 0.929 bits per heavy atom. The van der Waals surface area contributed by atoms with Crippen LogP contribution in [0.15, 0.2) is 48.8 Å². The van der Waals surface area contributed by atoms with E-state index in [-0.39, 0.29) is 17.7 Å². The lowest BCUT2D eigenvalue weighted by Crippen LogP contribution is -2.55. The number of fused-ring (bicyclic) bond motifs is 1. The van der Waals surface area contributed by atoms with E-state index < -0.39 is 5.82 Å². The Kier molecular flexibility index (Phi) is 6.63. The number of aryl methyl sites for hydroxylation is 1. The molecule has 4 aliphatic rings. The van der Waals surface area contributed by atoms with Gasteiger partial charge in [-0.3, -0.25) is 14.5 Å². The molecule has 4 bridgehead atoms. The molecule has 4 aromatic rings. The number of amides is 1. The smallest absolute Gasteiger partial charge is 0.256 e. The Labute approximate surface area is 243 Å². The highest BCUT2D eigenvalue weighted by molar-refractivity contribution is 5.99. The molecule has 0 unspecified atom stereocenters. The lowest BCUT2D eigenvalue weighted by atomic mass is 9.54. The molecule has 4 saturated carbocycles. The topological polar surface area (TPSA) is 99.5 Å². The first-order chi connectivity index (χ1) is 20.4. The molecule has 10 heteroatoms. The highest BCUT2D eigenvalue weighted by Crippen LogP contribution is 2.53. The average molecular weight is 572 g/mol. The first kappa shape index (κ1) is 26.6. The van der Waals surface area contributed by atoms with Crippen LogP contribution in [0, 0.1) is 29.5 Å². The summed E-state index contributed by atoms with van der Waals surface area (Å²) in [6, 6.07) is 9.95. The number of carbonyl (C=O) groups excluding carboxylic acids is 1. The van der Waals surface area contributed by atoms with Crippen LogP contribution in [-0.4, -0.2) is 40.9 Å². The normalized spacial score (nSPS) is 24.0. The van der Waals surface area contributed by atoms with Gasteiger partial charge in [0.15, 0.2) is 28.9 Å². The van der Waals surface area contributed by atoms with E-state index in [4.69, 9.17) is 14.2 Å². The monoisotopic (exact) mass is 571 g/mol. The number of aromatic nitrogens is 3. The Bertz CT molecular complexity index is 1640. The first-order valence-corrected chi connectivity index (χ1v) is 14.5. The van der Waals surface area contributed by atoms with Crippen LogP contribution in [-0.2, 0) is 7.05 Å². The molecule has 0 atom stereocenters. The molecule has 0 saturated heterocycles. The second-order valence-corrected chi connectivity index (χ2v) is 11.9. The number of carbonyl (C=O) groups is 1. The van der Waals surface area contributed by atoms with Gasteiger partial charge in [0.1, 0.15) is 11.3 Å². The minimum Gasteiger partial charge on any atom is -0.493 e. The predicted octanol–water partition coefficient (Wildman–Crippen LogP) is 6.22. The summed E-state index contributed by atoms with van der Waals surface area (Å²) in [4.78, 5) is 17.8. The quantitative estimate of drug-likeness (QED) is 0.259. The van der Waals surface area contributed by atoms with E-state index in [2.05, 4.69) is 20.7 Å². The van der Waals surface area contributed by atoms with E-state index >= 15 is 4.39 Å². The van der Waals surface area contributed by atoms with Crippen molar-refractivity contribution >= 4 is 28.3 Å². The number of nitrogens with one attached hydrogen (secondary N) is 2. The molecule has 218 valence electrons. The maximum Gasteiger partial charge on any atom is 0.256 e. The van der Waals surface area contributed by atoms with Crippen molar-refractivity contribution in [2.75, 3.05) is 19.5 Å². The number of methoxy groups -OCH3 is 2. The second kappa shape index (κ2) is 10.5. The van der Waals surface area contributed by atoms with Gasteiger partial charge in [0.2, 0.25) is 0 Å². The van der Waals surface area contributed by atoms with Crippen LogP contribution >= 0.6 is 0 Å². The molecule has 0 aliphatic heterocycles. The van der Waals surface area contributed by atoms with Crippen molar-refractivity contribution in [3.63, 3.8) is 0 Å². The predicted molar refractivity (Wildman–Crippen MR) is 156 cm³/mol. The fraction of sp³-hybridized carbons (Fsp3) is 0.406. The number of pyridine rings is 1. The highest BCUT2D eigenvalue weighted by Gasteiger charge is 2.48. The lowest BCUT2D eigenvalue weighted by molar-refractivity contribution is -0.0119. The van der Waals surface area contributed by atoms with Gasteiger partial charge in [0.05, 0.1) is 19.7 Å². The molecule has 2 heterocycles. The fourth-order valence-electron chi connectivity index (χ4n) is 7.59. The molecular formula is C32H34FN5O4. The molecule has 2 aromatic carbocycles. The van der Waals surface area contributed by atoms with Gasteiger partial charge in [0.25, 0.3) is 5.91 Å². The van der Waals surface area contributed by atoms with Crippen LogP contribution in [0.5, 0.6) is 23.0 Å². The van der Waals surface area contributed by atoms with Gasteiger partial charge in [-0.1, -0.05) is 0 Å². The third kappa shape index (κ3) is 4.78. The molecule has 1 amide bonds. The van der Waals surface area contributed by atoms with Crippen molar-refractivity contribution in [2.45, 2.75) is 38.1 Å². The Balaban J connectivity index is 1.09. The number of rotatable bonds is 8. The Hall–Kier alpha value is -4.34. The summed E-state index contributed by atoms with van der Waals surface area (Å²) < 4.78 is 33.7.